The molecular weight excluding hydrogens is 336 g/mol. The normalized spacial score (nSPS) is 27.3. The molecule has 1 aliphatic carbocycles. The summed E-state index contributed by atoms with van der Waals surface area (Å²) in [7, 11) is 0. The summed E-state index contributed by atoms with van der Waals surface area (Å²) in [4.78, 5) is 12.0. The first-order valence-electron chi connectivity index (χ1n) is 9.44. The minimum Gasteiger partial charge on any atom is -0.379 e. The second-order valence-corrected chi connectivity index (χ2v) is 7.83. The standard InChI is InChI=1S/C17H28N6OS/c1-25-17-20-16-19-15-13(12-23(16)21-17)4-2-3-5-14(15)18-6-7-22-8-10-24-11-9-22/h13-14,18H,2-12H2,1H3. The third-order valence-electron chi connectivity index (χ3n) is 5.43. The van der Waals surface area contributed by atoms with E-state index in [9.17, 15) is 0 Å². The third-order valence-corrected chi connectivity index (χ3v) is 5.97. The first kappa shape index (κ1) is 17.5. The molecule has 1 saturated carbocycles. The van der Waals surface area contributed by atoms with Gasteiger partial charge in [0.05, 0.1) is 19.8 Å². The van der Waals surface area contributed by atoms with Gasteiger partial charge in [0.15, 0.2) is 0 Å². The van der Waals surface area contributed by atoms with E-state index < -0.39 is 0 Å². The average Bonchev–Trinajstić information content (AvgIpc) is 2.95. The molecule has 3 aliphatic rings. The van der Waals surface area contributed by atoms with Crippen LogP contribution in [0.2, 0.25) is 0 Å². The van der Waals surface area contributed by atoms with Crippen LogP contribution >= 0.6 is 11.8 Å². The largest absolute Gasteiger partial charge is 0.379 e. The summed E-state index contributed by atoms with van der Waals surface area (Å²) in [6.45, 7) is 6.87. The predicted octanol–water partition coefficient (Wildman–Crippen LogP) is 1.57. The van der Waals surface area contributed by atoms with Gasteiger partial charge in [-0.2, -0.15) is 4.98 Å². The van der Waals surface area contributed by atoms with Crippen molar-refractivity contribution in [3.8, 4) is 0 Å². The molecule has 1 aromatic rings. The molecule has 0 spiro atoms. The lowest BCUT2D eigenvalue weighted by Crippen LogP contribution is -2.46. The smallest absolute Gasteiger partial charge is 0.248 e. The quantitative estimate of drug-likeness (QED) is 0.800. The first-order valence-corrected chi connectivity index (χ1v) is 10.7. The number of hydrogen-bond acceptors (Lipinski definition) is 7. The number of aromatic nitrogens is 3. The maximum absolute atomic E-state index is 5.43. The van der Waals surface area contributed by atoms with E-state index in [2.05, 4.69) is 20.3 Å². The highest BCUT2D eigenvalue weighted by Gasteiger charge is 2.32. The van der Waals surface area contributed by atoms with E-state index in [1.165, 1.54) is 31.4 Å². The monoisotopic (exact) mass is 364 g/mol. The summed E-state index contributed by atoms with van der Waals surface area (Å²) >= 11 is 1.59. The molecule has 2 fully saturated rings. The van der Waals surface area contributed by atoms with E-state index in [0.29, 0.717) is 12.0 Å². The maximum atomic E-state index is 5.43. The van der Waals surface area contributed by atoms with Crippen LogP contribution in [0.5, 0.6) is 0 Å². The van der Waals surface area contributed by atoms with E-state index in [1.54, 1.807) is 11.8 Å². The van der Waals surface area contributed by atoms with Gasteiger partial charge < -0.3 is 10.1 Å². The summed E-state index contributed by atoms with van der Waals surface area (Å²) in [6.07, 6.45) is 6.97. The van der Waals surface area contributed by atoms with Crippen LogP contribution in [0, 0.1) is 5.92 Å². The van der Waals surface area contributed by atoms with Crippen molar-refractivity contribution in [2.75, 3.05) is 45.6 Å². The van der Waals surface area contributed by atoms with E-state index in [4.69, 9.17) is 9.73 Å². The van der Waals surface area contributed by atoms with Gasteiger partial charge in [-0.3, -0.25) is 4.90 Å². The Kier molecular flexibility index (Phi) is 5.70. The maximum Gasteiger partial charge on any atom is 0.248 e. The Labute approximate surface area is 153 Å². The number of thioether (sulfide) groups is 1. The van der Waals surface area contributed by atoms with Crippen molar-refractivity contribution >= 4 is 23.4 Å². The molecule has 4 rings (SSSR count). The van der Waals surface area contributed by atoms with E-state index in [1.807, 2.05) is 10.9 Å². The van der Waals surface area contributed by atoms with E-state index >= 15 is 0 Å². The second-order valence-electron chi connectivity index (χ2n) is 7.06. The Balaban J connectivity index is 1.43. The minimum absolute atomic E-state index is 0.386. The SMILES string of the molecule is CSc1nc2n(n1)CC1CCCCC(NCCN3CCOCC3)C1=N2. The number of ether oxygens (including phenoxy) is 1. The van der Waals surface area contributed by atoms with Gasteiger partial charge >= 0.3 is 0 Å². The van der Waals surface area contributed by atoms with Crippen LogP contribution in [0.25, 0.3) is 0 Å². The molecule has 1 aromatic heterocycles. The Morgan fingerprint density at radius 3 is 2.92 bits per heavy atom. The first-order chi connectivity index (χ1) is 12.3. The molecule has 8 heteroatoms. The molecule has 0 radical (unpaired) electrons. The summed E-state index contributed by atoms with van der Waals surface area (Å²) in [6, 6.07) is 0.386. The van der Waals surface area contributed by atoms with Crippen LogP contribution in [0.1, 0.15) is 25.7 Å². The van der Waals surface area contributed by atoms with Gasteiger partial charge in [0, 0.05) is 43.9 Å². The van der Waals surface area contributed by atoms with Crippen molar-refractivity contribution in [1.82, 2.24) is 25.0 Å². The zero-order chi connectivity index (χ0) is 17.1. The van der Waals surface area contributed by atoms with Crippen LogP contribution in [-0.4, -0.2) is 77.1 Å². The number of morpholine rings is 1. The molecule has 3 heterocycles. The van der Waals surface area contributed by atoms with E-state index in [-0.39, 0.29) is 0 Å². The molecule has 1 saturated heterocycles. The van der Waals surface area contributed by atoms with Crippen molar-refractivity contribution < 1.29 is 4.74 Å². The van der Waals surface area contributed by atoms with Crippen LogP contribution in [0.15, 0.2) is 10.1 Å². The van der Waals surface area contributed by atoms with Crippen molar-refractivity contribution in [2.45, 2.75) is 43.4 Å². The van der Waals surface area contributed by atoms with Gasteiger partial charge in [-0.25, -0.2) is 9.67 Å². The van der Waals surface area contributed by atoms with Gasteiger partial charge in [0.2, 0.25) is 11.1 Å². The molecule has 2 unspecified atom stereocenters. The fourth-order valence-electron chi connectivity index (χ4n) is 4.03. The third kappa shape index (κ3) is 4.07. The fourth-order valence-corrected chi connectivity index (χ4v) is 4.38. The summed E-state index contributed by atoms with van der Waals surface area (Å²) < 4.78 is 7.43. The van der Waals surface area contributed by atoms with Gasteiger partial charge in [-0.1, -0.05) is 24.6 Å². The molecule has 0 amide bonds. The molecule has 0 bridgehead atoms. The zero-order valence-electron chi connectivity index (χ0n) is 15.0. The predicted molar refractivity (Wildman–Crippen MR) is 99.9 cm³/mol. The van der Waals surface area contributed by atoms with Crippen molar-refractivity contribution in [2.24, 2.45) is 10.9 Å². The van der Waals surface area contributed by atoms with Gasteiger partial charge in [-0.15, -0.1) is 5.10 Å². The number of hydrogen-bond donors (Lipinski definition) is 1. The number of rotatable bonds is 5. The number of nitrogens with one attached hydrogen (secondary N) is 1. The topological polar surface area (TPSA) is 67.6 Å². The lowest BCUT2D eigenvalue weighted by molar-refractivity contribution is 0.0383. The van der Waals surface area contributed by atoms with E-state index in [0.717, 1.165) is 57.0 Å². The molecule has 1 N–H and O–H groups in total. The highest BCUT2D eigenvalue weighted by molar-refractivity contribution is 7.98. The van der Waals surface area contributed by atoms with Crippen LogP contribution in [0.4, 0.5) is 5.95 Å². The molecule has 0 aromatic carbocycles. The summed E-state index contributed by atoms with van der Waals surface area (Å²) in [5.41, 5.74) is 1.31. The fraction of sp³-hybridized carbons (Fsp3) is 0.824. The molecule has 25 heavy (non-hydrogen) atoms. The average molecular weight is 365 g/mol. The zero-order valence-corrected chi connectivity index (χ0v) is 15.8. The van der Waals surface area contributed by atoms with Crippen molar-refractivity contribution in [1.29, 1.82) is 0 Å². The Hall–Kier alpha value is -0.960. The molecular formula is C17H28N6OS. The van der Waals surface area contributed by atoms with Crippen LogP contribution < -0.4 is 5.32 Å². The van der Waals surface area contributed by atoms with Crippen molar-refractivity contribution in [3.63, 3.8) is 0 Å². The number of nitrogens with zero attached hydrogens (tertiary/aromatic N) is 5. The Morgan fingerprint density at radius 2 is 2.08 bits per heavy atom. The van der Waals surface area contributed by atoms with Gasteiger partial charge in [0.25, 0.3) is 0 Å². The molecule has 138 valence electrons. The number of aliphatic imine (C=N–C) groups is 1. The Bertz CT molecular complexity index is 612. The Morgan fingerprint density at radius 1 is 1.24 bits per heavy atom. The molecule has 2 atom stereocenters. The van der Waals surface area contributed by atoms with Crippen LogP contribution in [0.3, 0.4) is 0 Å². The molecule has 7 nitrogen and oxygen atoms in total. The molecule has 2 aliphatic heterocycles. The second kappa shape index (κ2) is 8.16. The summed E-state index contributed by atoms with van der Waals surface area (Å²) in [5, 5.41) is 9.17. The van der Waals surface area contributed by atoms with Crippen LogP contribution in [-0.2, 0) is 11.3 Å². The van der Waals surface area contributed by atoms with Gasteiger partial charge in [0.1, 0.15) is 0 Å². The highest BCUT2D eigenvalue weighted by Crippen LogP contribution is 2.30. The van der Waals surface area contributed by atoms with Gasteiger partial charge in [-0.05, 0) is 19.1 Å². The summed E-state index contributed by atoms with van der Waals surface area (Å²) in [5.74, 6) is 1.30. The lowest BCUT2D eigenvalue weighted by atomic mass is 9.94. The minimum atomic E-state index is 0.386. The highest BCUT2D eigenvalue weighted by atomic mass is 32.2. The number of fused-ring (bicyclic) bond motifs is 2. The van der Waals surface area contributed by atoms with Crippen molar-refractivity contribution in [3.05, 3.63) is 0 Å². The lowest BCUT2D eigenvalue weighted by Gasteiger charge is -2.29.